The van der Waals surface area contributed by atoms with Crippen molar-refractivity contribution in [1.82, 2.24) is 24.9 Å². The minimum Gasteiger partial charge on any atom is -0.338 e. The quantitative estimate of drug-likeness (QED) is 0.356. The van der Waals surface area contributed by atoms with E-state index in [9.17, 15) is 14.4 Å². The third kappa shape index (κ3) is 4.86. The van der Waals surface area contributed by atoms with Crippen molar-refractivity contribution in [1.29, 1.82) is 0 Å². The lowest BCUT2D eigenvalue weighted by atomic mass is 10.1. The van der Waals surface area contributed by atoms with Crippen molar-refractivity contribution < 1.29 is 14.4 Å². The molecule has 0 spiro atoms. The average Bonchev–Trinajstić information content (AvgIpc) is 3.58. The number of nitrogens with zero attached hydrogens (tertiary/aromatic N) is 4. The predicted molar refractivity (Wildman–Crippen MR) is 146 cm³/mol. The second-order valence-electron chi connectivity index (χ2n) is 9.86. The minimum atomic E-state index is -0.641. The predicted octanol–water partition coefficient (Wildman–Crippen LogP) is 3.43. The Balaban J connectivity index is 1.36. The highest BCUT2D eigenvalue weighted by Crippen LogP contribution is 2.26. The van der Waals surface area contributed by atoms with Crippen LogP contribution in [0.5, 0.6) is 0 Å². The number of aryl methyl sites for hydroxylation is 2. The molecule has 39 heavy (non-hydrogen) atoms. The summed E-state index contributed by atoms with van der Waals surface area (Å²) in [5, 5.41) is 3.42. The van der Waals surface area contributed by atoms with Crippen molar-refractivity contribution in [2.24, 2.45) is 0 Å². The molecule has 0 radical (unpaired) electrons. The number of aromatic nitrogens is 3. The number of rotatable bonds is 7. The Morgan fingerprint density at radius 1 is 1.03 bits per heavy atom. The number of fused-ring (bicyclic) bond motifs is 2. The number of pyridine rings is 1. The fourth-order valence-electron chi connectivity index (χ4n) is 5.30. The van der Waals surface area contributed by atoms with Gasteiger partial charge in [-0.3, -0.25) is 19.2 Å². The van der Waals surface area contributed by atoms with Gasteiger partial charge in [0.05, 0.1) is 12.5 Å². The number of carbonyl (C=O) groups excluding carboxylic acids is 2. The fourth-order valence-corrected chi connectivity index (χ4v) is 5.30. The number of carbonyl (C=O) groups is 2. The Morgan fingerprint density at radius 3 is 2.62 bits per heavy atom. The molecule has 1 fully saturated rings. The average molecular weight is 525 g/mol. The number of amides is 2. The van der Waals surface area contributed by atoms with E-state index in [0.29, 0.717) is 24.6 Å². The zero-order valence-electron chi connectivity index (χ0n) is 21.6. The third-order valence-corrected chi connectivity index (χ3v) is 7.30. The lowest BCUT2D eigenvalue weighted by Crippen LogP contribution is -2.29. The van der Waals surface area contributed by atoms with Crippen LogP contribution >= 0.6 is 0 Å². The third-order valence-electron chi connectivity index (χ3n) is 7.30. The smallest absolute Gasteiger partial charge is 0.280 e. The molecule has 0 unspecified atom stereocenters. The Labute approximate surface area is 224 Å². The number of benzene rings is 2. The summed E-state index contributed by atoms with van der Waals surface area (Å²) in [6.45, 7) is 1.39. The van der Waals surface area contributed by atoms with Gasteiger partial charge in [-0.1, -0.05) is 18.2 Å². The van der Waals surface area contributed by atoms with Gasteiger partial charge in [-0.15, -0.1) is 0 Å². The van der Waals surface area contributed by atoms with Crippen LogP contribution in [0.15, 0.2) is 59.7 Å². The molecule has 0 saturated carbocycles. The molecule has 1 saturated heterocycles. The molecule has 198 valence electrons. The molecule has 2 aliphatic rings. The van der Waals surface area contributed by atoms with Gasteiger partial charge in [0.2, 0.25) is 17.3 Å². The van der Waals surface area contributed by atoms with Crippen molar-refractivity contribution in [3.8, 4) is 5.69 Å². The van der Waals surface area contributed by atoms with Crippen LogP contribution in [-0.4, -0.2) is 44.9 Å². The number of hydrogen-bond acceptors (Lipinski definition) is 7. The fraction of sp³-hybridized carbons (Fsp3) is 0.276. The first-order chi connectivity index (χ1) is 19.0. The van der Waals surface area contributed by atoms with Crippen LogP contribution < -0.4 is 16.2 Å². The number of anilines is 2. The molecule has 2 aromatic carbocycles. The summed E-state index contributed by atoms with van der Waals surface area (Å²) in [6.07, 6.45) is 7.61. The lowest BCUT2D eigenvalue weighted by Gasteiger charge is -2.16. The van der Waals surface area contributed by atoms with Gasteiger partial charge in [0.1, 0.15) is 5.56 Å². The van der Waals surface area contributed by atoms with Crippen molar-refractivity contribution in [3.63, 3.8) is 0 Å². The number of hydroxylamine groups is 1. The van der Waals surface area contributed by atoms with E-state index in [1.54, 1.807) is 4.57 Å². The van der Waals surface area contributed by atoms with Gasteiger partial charge in [-0.05, 0) is 66.6 Å². The van der Waals surface area contributed by atoms with Crippen molar-refractivity contribution in [3.05, 3.63) is 87.3 Å². The van der Waals surface area contributed by atoms with E-state index in [0.717, 1.165) is 49.2 Å². The summed E-state index contributed by atoms with van der Waals surface area (Å²) in [7, 11) is 1.32. The lowest BCUT2D eigenvalue weighted by molar-refractivity contribution is -0.128. The van der Waals surface area contributed by atoms with E-state index >= 15 is 0 Å². The second kappa shape index (κ2) is 10.3. The van der Waals surface area contributed by atoms with Crippen LogP contribution in [0.3, 0.4) is 0 Å². The highest BCUT2D eigenvalue weighted by Gasteiger charge is 2.21. The van der Waals surface area contributed by atoms with Crippen LogP contribution in [0, 0.1) is 0 Å². The highest BCUT2D eigenvalue weighted by atomic mass is 16.6. The number of likely N-dealkylation sites (tertiary alicyclic amines) is 1. The van der Waals surface area contributed by atoms with Gasteiger partial charge in [0.25, 0.3) is 5.91 Å². The first-order valence-corrected chi connectivity index (χ1v) is 13.0. The molecule has 4 aromatic rings. The van der Waals surface area contributed by atoms with Crippen LogP contribution in [0.1, 0.15) is 46.3 Å². The SMILES string of the molecule is CONC(=O)c1cn(-c2ccc3c(c2)CCC3)c2nc(Nc3ccc(CN4CCCC4=O)cc3)ncc2c1=O. The molecule has 2 aromatic heterocycles. The standard InChI is InChI=1S/C29H28N6O4/c1-39-33-28(38)24-17-35(22-12-9-19-4-2-5-20(19)14-22)27-23(26(24)37)15-30-29(32-27)31-21-10-7-18(8-11-21)16-34-13-3-6-25(34)36/h7-12,14-15,17H,2-6,13,16H2,1H3,(H,33,38)(H,30,31,32). The summed E-state index contributed by atoms with van der Waals surface area (Å²) >= 11 is 0. The van der Waals surface area contributed by atoms with Crippen molar-refractivity contribution in [2.45, 2.75) is 38.6 Å². The zero-order chi connectivity index (χ0) is 26.9. The minimum absolute atomic E-state index is 0.0683. The van der Waals surface area contributed by atoms with E-state index in [1.807, 2.05) is 35.2 Å². The van der Waals surface area contributed by atoms with E-state index in [2.05, 4.69) is 32.9 Å². The maximum absolute atomic E-state index is 13.2. The van der Waals surface area contributed by atoms with Crippen LogP contribution in [0.25, 0.3) is 16.7 Å². The molecule has 3 heterocycles. The van der Waals surface area contributed by atoms with Gasteiger partial charge in [0.15, 0.2) is 5.65 Å². The normalized spacial score (nSPS) is 14.6. The Kier molecular flexibility index (Phi) is 6.54. The summed E-state index contributed by atoms with van der Waals surface area (Å²) < 4.78 is 1.75. The van der Waals surface area contributed by atoms with Gasteiger partial charge in [-0.25, -0.2) is 10.5 Å². The first kappa shape index (κ1) is 24.7. The summed E-state index contributed by atoms with van der Waals surface area (Å²) in [6, 6.07) is 13.9. The molecule has 2 N–H and O–H groups in total. The molecule has 1 aliphatic heterocycles. The van der Waals surface area contributed by atoms with E-state index < -0.39 is 11.3 Å². The Bertz CT molecular complexity index is 1650. The van der Waals surface area contributed by atoms with Gasteiger partial charge in [0, 0.05) is 43.3 Å². The monoisotopic (exact) mass is 524 g/mol. The molecule has 0 atom stereocenters. The maximum atomic E-state index is 13.2. The molecule has 1 aliphatic carbocycles. The van der Waals surface area contributed by atoms with Crippen molar-refractivity contribution >= 4 is 34.5 Å². The van der Waals surface area contributed by atoms with Gasteiger partial charge < -0.3 is 14.8 Å². The number of hydrogen-bond donors (Lipinski definition) is 2. The molecule has 6 rings (SSSR count). The van der Waals surface area contributed by atoms with Crippen LogP contribution in [0.4, 0.5) is 11.6 Å². The topological polar surface area (TPSA) is 118 Å². The highest BCUT2D eigenvalue weighted by molar-refractivity contribution is 5.96. The molecule has 10 nitrogen and oxygen atoms in total. The summed E-state index contributed by atoms with van der Waals surface area (Å²) in [5.74, 6) is -0.135. The van der Waals surface area contributed by atoms with E-state index in [1.165, 1.54) is 30.6 Å². The maximum Gasteiger partial charge on any atom is 0.280 e. The molecule has 0 bridgehead atoms. The molecule has 10 heteroatoms. The Hall–Kier alpha value is -4.57. The zero-order valence-corrected chi connectivity index (χ0v) is 21.6. The summed E-state index contributed by atoms with van der Waals surface area (Å²) in [4.78, 5) is 53.5. The van der Waals surface area contributed by atoms with Gasteiger partial charge in [-0.2, -0.15) is 4.98 Å². The number of nitrogens with one attached hydrogen (secondary N) is 2. The summed E-state index contributed by atoms with van der Waals surface area (Å²) in [5.41, 5.74) is 7.26. The van der Waals surface area contributed by atoms with Crippen molar-refractivity contribution in [2.75, 3.05) is 19.0 Å². The second-order valence-corrected chi connectivity index (χ2v) is 9.86. The Morgan fingerprint density at radius 2 is 1.85 bits per heavy atom. The van der Waals surface area contributed by atoms with Crippen LogP contribution in [-0.2, 0) is 29.0 Å². The molecular weight excluding hydrogens is 496 g/mol. The van der Waals surface area contributed by atoms with Gasteiger partial charge >= 0.3 is 0 Å². The largest absolute Gasteiger partial charge is 0.338 e. The molecule has 2 amide bonds. The van der Waals surface area contributed by atoms with E-state index in [-0.39, 0.29) is 16.9 Å². The molecular formula is C29H28N6O4. The van der Waals surface area contributed by atoms with E-state index in [4.69, 9.17) is 4.84 Å². The first-order valence-electron chi connectivity index (χ1n) is 13.0. The van der Waals surface area contributed by atoms with Crippen LogP contribution in [0.2, 0.25) is 0 Å².